The van der Waals surface area contributed by atoms with Crippen LogP contribution in [0.4, 0.5) is 0 Å². The smallest absolute Gasteiger partial charge is 0.322 e. The number of hydrogen-bond acceptors (Lipinski definition) is 7. The van der Waals surface area contributed by atoms with Crippen molar-refractivity contribution < 1.29 is 39.0 Å². The molecule has 8 N–H and O–H groups in total. The first-order valence-corrected chi connectivity index (χ1v) is 8.39. The largest absolute Gasteiger partial charge is 0.481 e. The second kappa shape index (κ2) is 10.2. The van der Waals surface area contributed by atoms with Gasteiger partial charge in [0.2, 0.25) is 23.6 Å². The first-order chi connectivity index (χ1) is 13.0. The Morgan fingerprint density at radius 3 is 2.25 bits per heavy atom. The van der Waals surface area contributed by atoms with Crippen molar-refractivity contribution in [3.8, 4) is 0 Å². The van der Waals surface area contributed by atoms with Gasteiger partial charge in [-0.2, -0.15) is 0 Å². The van der Waals surface area contributed by atoms with Crippen molar-refractivity contribution in [2.45, 2.75) is 43.8 Å². The topological polar surface area (TPSA) is 222 Å². The molecule has 0 aromatic heterocycles. The van der Waals surface area contributed by atoms with Gasteiger partial charge in [0.25, 0.3) is 0 Å². The van der Waals surface area contributed by atoms with Crippen molar-refractivity contribution in [1.82, 2.24) is 15.5 Å². The number of nitrogens with one attached hydrogen (secondary N) is 2. The van der Waals surface area contributed by atoms with Crippen LogP contribution in [0.25, 0.3) is 0 Å². The summed E-state index contributed by atoms with van der Waals surface area (Å²) < 4.78 is 0. The van der Waals surface area contributed by atoms with Crippen LogP contribution in [0.5, 0.6) is 0 Å². The number of rotatable bonds is 10. The Balaban J connectivity index is 2.83. The molecule has 156 valence electrons. The first kappa shape index (κ1) is 22.8. The Kier molecular flexibility index (Phi) is 8.31. The summed E-state index contributed by atoms with van der Waals surface area (Å²) in [6.07, 6.45) is -0.478. The van der Waals surface area contributed by atoms with E-state index >= 15 is 0 Å². The lowest BCUT2D eigenvalue weighted by Gasteiger charge is -2.27. The third-order valence-electron chi connectivity index (χ3n) is 4.00. The van der Waals surface area contributed by atoms with Gasteiger partial charge >= 0.3 is 11.9 Å². The summed E-state index contributed by atoms with van der Waals surface area (Å²) in [5.41, 5.74) is 10.6. The van der Waals surface area contributed by atoms with E-state index < -0.39 is 73.1 Å². The zero-order valence-electron chi connectivity index (χ0n) is 14.9. The van der Waals surface area contributed by atoms with E-state index in [9.17, 15) is 28.8 Å². The van der Waals surface area contributed by atoms with E-state index in [1.165, 1.54) is 0 Å². The van der Waals surface area contributed by atoms with Crippen molar-refractivity contribution in [3.05, 3.63) is 0 Å². The summed E-state index contributed by atoms with van der Waals surface area (Å²) in [6, 6.07) is -3.75. The van der Waals surface area contributed by atoms with Gasteiger partial charge in [-0.1, -0.05) is 0 Å². The van der Waals surface area contributed by atoms with Crippen molar-refractivity contribution in [3.63, 3.8) is 0 Å². The van der Waals surface area contributed by atoms with E-state index in [4.69, 9.17) is 21.7 Å². The van der Waals surface area contributed by atoms with Crippen LogP contribution < -0.4 is 22.1 Å². The quantitative estimate of drug-likeness (QED) is 0.212. The average Bonchev–Trinajstić information content (AvgIpc) is 3.06. The molecule has 1 aliphatic rings. The number of carboxylic acid groups (broad SMARTS) is 2. The third kappa shape index (κ3) is 6.83. The Labute approximate surface area is 159 Å². The highest BCUT2D eigenvalue weighted by molar-refractivity contribution is 5.96. The Morgan fingerprint density at radius 1 is 1.07 bits per heavy atom. The molecule has 1 aliphatic heterocycles. The SMILES string of the molecule is NC(=O)CC(NC(=O)C1CCCN1C(=O)C(N)CC(=O)O)C(=O)NCC(=O)O. The molecular weight excluding hydrogens is 378 g/mol. The fraction of sp³-hybridized carbons (Fsp3) is 0.600. The molecule has 28 heavy (non-hydrogen) atoms. The van der Waals surface area contributed by atoms with E-state index in [2.05, 4.69) is 5.32 Å². The summed E-state index contributed by atoms with van der Waals surface area (Å²) in [5.74, 6) is -5.89. The highest BCUT2D eigenvalue weighted by Gasteiger charge is 2.38. The van der Waals surface area contributed by atoms with Crippen LogP contribution in [0.15, 0.2) is 0 Å². The summed E-state index contributed by atoms with van der Waals surface area (Å²) in [4.78, 5) is 70.4. The molecule has 1 fully saturated rings. The molecule has 1 rings (SSSR count). The number of likely N-dealkylation sites (tertiary alicyclic amines) is 1. The van der Waals surface area contributed by atoms with Gasteiger partial charge < -0.3 is 37.2 Å². The molecule has 1 heterocycles. The predicted octanol–water partition coefficient (Wildman–Crippen LogP) is -3.66. The predicted molar refractivity (Wildman–Crippen MR) is 91.4 cm³/mol. The van der Waals surface area contributed by atoms with Crippen LogP contribution in [-0.4, -0.2) is 81.9 Å². The van der Waals surface area contributed by atoms with Crippen LogP contribution >= 0.6 is 0 Å². The molecule has 0 saturated carbocycles. The first-order valence-electron chi connectivity index (χ1n) is 8.39. The van der Waals surface area contributed by atoms with E-state index in [1.54, 1.807) is 0 Å². The van der Waals surface area contributed by atoms with Crippen molar-refractivity contribution in [2.75, 3.05) is 13.1 Å². The van der Waals surface area contributed by atoms with Crippen LogP contribution in [-0.2, 0) is 28.8 Å². The molecule has 0 aromatic carbocycles. The molecule has 13 heteroatoms. The standard InChI is InChI=1S/C15H23N5O8/c16-7(4-11(22)23)15(28)20-3-1-2-9(20)14(27)19-8(5-10(17)21)13(26)18-6-12(24)25/h7-9H,1-6,16H2,(H2,17,21)(H,18,26)(H,19,27)(H,22,23)(H,24,25). The molecule has 1 saturated heterocycles. The number of nitrogens with zero attached hydrogens (tertiary/aromatic N) is 1. The van der Waals surface area contributed by atoms with E-state index in [1.807, 2.05) is 5.32 Å². The lowest BCUT2D eigenvalue weighted by Crippen LogP contribution is -2.56. The lowest BCUT2D eigenvalue weighted by atomic mass is 10.1. The van der Waals surface area contributed by atoms with Gasteiger partial charge in [0, 0.05) is 6.54 Å². The summed E-state index contributed by atoms with van der Waals surface area (Å²) in [6.45, 7) is -0.544. The molecule has 0 aliphatic carbocycles. The molecule has 0 bridgehead atoms. The Morgan fingerprint density at radius 2 is 1.71 bits per heavy atom. The zero-order chi connectivity index (χ0) is 21.4. The molecule has 0 aromatic rings. The van der Waals surface area contributed by atoms with Crippen LogP contribution in [0.3, 0.4) is 0 Å². The molecule has 0 spiro atoms. The van der Waals surface area contributed by atoms with Crippen LogP contribution in [0.2, 0.25) is 0 Å². The van der Waals surface area contributed by atoms with Gasteiger partial charge in [0.05, 0.1) is 18.9 Å². The molecule has 0 radical (unpaired) electrons. The number of nitrogens with two attached hydrogens (primary N) is 2. The number of carbonyl (C=O) groups is 6. The summed E-state index contributed by atoms with van der Waals surface area (Å²) >= 11 is 0. The molecule has 3 unspecified atom stereocenters. The summed E-state index contributed by atoms with van der Waals surface area (Å²) in [7, 11) is 0. The maximum Gasteiger partial charge on any atom is 0.322 e. The van der Waals surface area contributed by atoms with Crippen molar-refractivity contribution >= 4 is 35.6 Å². The number of aliphatic carboxylic acids is 2. The van der Waals surface area contributed by atoms with Gasteiger partial charge in [-0.05, 0) is 12.8 Å². The van der Waals surface area contributed by atoms with Crippen LogP contribution in [0.1, 0.15) is 25.7 Å². The minimum atomic E-state index is -1.42. The number of carbonyl (C=O) groups excluding carboxylic acids is 4. The van der Waals surface area contributed by atoms with Gasteiger partial charge in [-0.15, -0.1) is 0 Å². The number of amides is 4. The van der Waals surface area contributed by atoms with Crippen molar-refractivity contribution in [2.24, 2.45) is 11.5 Å². The zero-order valence-corrected chi connectivity index (χ0v) is 14.9. The van der Waals surface area contributed by atoms with Gasteiger partial charge in [-0.25, -0.2) is 0 Å². The molecule has 4 amide bonds. The van der Waals surface area contributed by atoms with E-state index in [0.717, 1.165) is 4.90 Å². The lowest BCUT2D eigenvalue weighted by molar-refractivity contribution is -0.144. The van der Waals surface area contributed by atoms with Crippen LogP contribution in [0, 0.1) is 0 Å². The number of hydrogen-bond donors (Lipinski definition) is 6. The average molecular weight is 401 g/mol. The van der Waals surface area contributed by atoms with E-state index in [-0.39, 0.29) is 13.0 Å². The summed E-state index contributed by atoms with van der Waals surface area (Å²) in [5, 5.41) is 21.7. The van der Waals surface area contributed by atoms with Gasteiger partial charge in [0.15, 0.2) is 0 Å². The minimum Gasteiger partial charge on any atom is -0.481 e. The fourth-order valence-electron chi connectivity index (χ4n) is 2.76. The minimum absolute atomic E-state index is 0.177. The van der Waals surface area contributed by atoms with Crippen molar-refractivity contribution in [1.29, 1.82) is 0 Å². The monoisotopic (exact) mass is 401 g/mol. The third-order valence-corrected chi connectivity index (χ3v) is 4.00. The Bertz CT molecular complexity index is 667. The molecule has 3 atom stereocenters. The highest BCUT2D eigenvalue weighted by atomic mass is 16.4. The van der Waals surface area contributed by atoms with E-state index in [0.29, 0.717) is 6.42 Å². The second-order valence-electron chi connectivity index (χ2n) is 6.24. The molecule has 13 nitrogen and oxygen atoms in total. The van der Waals surface area contributed by atoms with Gasteiger partial charge in [-0.3, -0.25) is 28.8 Å². The second-order valence-corrected chi connectivity index (χ2v) is 6.24. The molecular formula is C15H23N5O8. The highest BCUT2D eigenvalue weighted by Crippen LogP contribution is 2.19. The maximum absolute atomic E-state index is 12.5. The fourth-order valence-corrected chi connectivity index (χ4v) is 2.76. The normalized spacial score (nSPS) is 18.0. The number of primary amides is 1. The van der Waals surface area contributed by atoms with Gasteiger partial charge in [0.1, 0.15) is 18.6 Å². The number of carboxylic acids is 2. The Hall–Kier alpha value is -3.22. The maximum atomic E-state index is 12.5.